The summed E-state index contributed by atoms with van der Waals surface area (Å²) < 4.78 is 10.3. The average Bonchev–Trinajstić information content (AvgIpc) is 2.62. The summed E-state index contributed by atoms with van der Waals surface area (Å²) in [5, 5.41) is 3.87. The Kier molecular flexibility index (Phi) is 4.62. The van der Waals surface area contributed by atoms with Crippen LogP contribution in [-0.4, -0.2) is 41.3 Å². The van der Waals surface area contributed by atoms with Gasteiger partial charge >= 0.3 is 0 Å². The van der Waals surface area contributed by atoms with Crippen LogP contribution in [0.3, 0.4) is 0 Å². The Labute approximate surface area is 102 Å². The fourth-order valence-corrected chi connectivity index (χ4v) is 1.59. The molecule has 1 heterocycles. The third kappa shape index (κ3) is 4.80. The Balaban J connectivity index is 2.54. The molecule has 1 atom stereocenters. The highest BCUT2D eigenvalue weighted by Gasteiger charge is 2.17. The van der Waals surface area contributed by atoms with E-state index in [1.54, 1.807) is 7.11 Å². The van der Waals surface area contributed by atoms with Crippen molar-refractivity contribution in [2.24, 2.45) is 5.73 Å². The third-order valence-corrected chi connectivity index (χ3v) is 2.28. The van der Waals surface area contributed by atoms with Crippen molar-refractivity contribution in [1.29, 1.82) is 0 Å². The van der Waals surface area contributed by atoms with E-state index in [1.807, 2.05) is 27.8 Å². The summed E-state index contributed by atoms with van der Waals surface area (Å²) in [7, 11) is 3.59. The SMILES string of the molecule is COC(C)c1noc(CN(C)CC(C)(C)N)n1. The second-order valence-corrected chi connectivity index (χ2v) is 5.09. The van der Waals surface area contributed by atoms with E-state index in [0.717, 1.165) is 6.54 Å². The van der Waals surface area contributed by atoms with Crippen LogP contribution < -0.4 is 5.73 Å². The lowest BCUT2D eigenvalue weighted by Crippen LogP contribution is -2.43. The molecule has 0 spiro atoms. The highest BCUT2D eigenvalue weighted by atomic mass is 16.5. The first-order valence-electron chi connectivity index (χ1n) is 5.64. The van der Waals surface area contributed by atoms with Gasteiger partial charge in [-0.25, -0.2) is 0 Å². The van der Waals surface area contributed by atoms with E-state index in [-0.39, 0.29) is 11.6 Å². The Hall–Kier alpha value is -0.980. The minimum absolute atomic E-state index is 0.149. The maximum Gasteiger partial charge on any atom is 0.240 e. The van der Waals surface area contributed by atoms with Crippen molar-refractivity contribution in [2.75, 3.05) is 20.7 Å². The smallest absolute Gasteiger partial charge is 0.240 e. The van der Waals surface area contributed by atoms with Gasteiger partial charge in [0.1, 0.15) is 6.10 Å². The molecule has 1 unspecified atom stereocenters. The quantitative estimate of drug-likeness (QED) is 0.800. The van der Waals surface area contributed by atoms with Crippen molar-refractivity contribution in [3.8, 4) is 0 Å². The summed E-state index contributed by atoms with van der Waals surface area (Å²) in [6, 6.07) is 0. The number of hydrogen-bond donors (Lipinski definition) is 1. The molecular formula is C11H22N4O2. The Morgan fingerprint density at radius 1 is 1.53 bits per heavy atom. The highest BCUT2D eigenvalue weighted by molar-refractivity contribution is 4.90. The van der Waals surface area contributed by atoms with Gasteiger partial charge in [-0.05, 0) is 27.8 Å². The monoisotopic (exact) mass is 242 g/mol. The van der Waals surface area contributed by atoms with Crippen molar-refractivity contribution in [1.82, 2.24) is 15.0 Å². The van der Waals surface area contributed by atoms with Crippen molar-refractivity contribution < 1.29 is 9.26 Å². The van der Waals surface area contributed by atoms with E-state index in [0.29, 0.717) is 18.3 Å². The van der Waals surface area contributed by atoms with Gasteiger partial charge in [0.2, 0.25) is 5.89 Å². The molecule has 0 aliphatic rings. The zero-order valence-electron chi connectivity index (χ0n) is 11.2. The fourth-order valence-electron chi connectivity index (χ4n) is 1.59. The zero-order chi connectivity index (χ0) is 13.1. The fraction of sp³-hybridized carbons (Fsp3) is 0.818. The second kappa shape index (κ2) is 5.57. The van der Waals surface area contributed by atoms with Crippen molar-refractivity contribution in [2.45, 2.75) is 39.0 Å². The molecule has 0 amide bonds. The maximum atomic E-state index is 5.94. The predicted octanol–water partition coefficient (Wildman–Crippen LogP) is 0.946. The van der Waals surface area contributed by atoms with Gasteiger partial charge in [-0.1, -0.05) is 5.16 Å². The van der Waals surface area contributed by atoms with Gasteiger partial charge in [-0.3, -0.25) is 4.90 Å². The van der Waals surface area contributed by atoms with E-state index in [2.05, 4.69) is 15.0 Å². The van der Waals surface area contributed by atoms with Gasteiger partial charge in [-0.2, -0.15) is 4.98 Å². The van der Waals surface area contributed by atoms with E-state index < -0.39 is 0 Å². The van der Waals surface area contributed by atoms with E-state index in [4.69, 9.17) is 15.0 Å². The van der Waals surface area contributed by atoms with Crippen LogP contribution in [0.5, 0.6) is 0 Å². The lowest BCUT2D eigenvalue weighted by atomic mass is 10.1. The van der Waals surface area contributed by atoms with Crippen LogP contribution >= 0.6 is 0 Å². The number of nitrogens with zero attached hydrogens (tertiary/aromatic N) is 3. The van der Waals surface area contributed by atoms with Gasteiger partial charge in [-0.15, -0.1) is 0 Å². The van der Waals surface area contributed by atoms with E-state index in [1.165, 1.54) is 0 Å². The van der Waals surface area contributed by atoms with Gasteiger partial charge in [0.15, 0.2) is 5.82 Å². The van der Waals surface area contributed by atoms with Crippen LogP contribution in [0.1, 0.15) is 38.6 Å². The third-order valence-electron chi connectivity index (χ3n) is 2.28. The molecule has 6 nitrogen and oxygen atoms in total. The molecule has 0 radical (unpaired) electrons. The second-order valence-electron chi connectivity index (χ2n) is 5.09. The first-order valence-corrected chi connectivity index (χ1v) is 5.64. The van der Waals surface area contributed by atoms with E-state index in [9.17, 15) is 0 Å². The number of aromatic nitrogens is 2. The van der Waals surface area contributed by atoms with Crippen LogP contribution in [0, 0.1) is 0 Å². The average molecular weight is 242 g/mol. The summed E-state index contributed by atoms with van der Waals surface area (Å²) in [4.78, 5) is 6.32. The van der Waals surface area contributed by atoms with Crippen LogP contribution in [0.4, 0.5) is 0 Å². The normalized spacial score (nSPS) is 14.3. The lowest BCUT2D eigenvalue weighted by Gasteiger charge is -2.25. The maximum absolute atomic E-state index is 5.94. The van der Waals surface area contributed by atoms with Crippen LogP contribution in [-0.2, 0) is 11.3 Å². The molecule has 17 heavy (non-hydrogen) atoms. The standard InChI is InChI=1S/C11H22N4O2/c1-8(16-5)10-13-9(17-14-10)6-15(4)7-11(2,3)12/h8H,6-7,12H2,1-5H3. The number of rotatable bonds is 6. The molecule has 0 saturated heterocycles. The summed E-state index contributed by atoms with van der Waals surface area (Å²) in [6.07, 6.45) is -0.149. The van der Waals surface area contributed by atoms with E-state index >= 15 is 0 Å². The minimum atomic E-state index is -0.239. The molecular weight excluding hydrogens is 220 g/mol. The Morgan fingerprint density at radius 2 is 2.18 bits per heavy atom. The topological polar surface area (TPSA) is 77.4 Å². The number of nitrogens with two attached hydrogens (primary N) is 1. The summed E-state index contributed by atoms with van der Waals surface area (Å²) in [5.74, 6) is 1.15. The lowest BCUT2D eigenvalue weighted by molar-refractivity contribution is 0.109. The molecule has 0 aliphatic carbocycles. The molecule has 1 rings (SSSR count). The predicted molar refractivity (Wildman–Crippen MR) is 64.3 cm³/mol. The first-order chi connectivity index (χ1) is 7.81. The number of ether oxygens (including phenoxy) is 1. The molecule has 1 aromatic rings. The molecule has 0 aromatic carbocycles. The number of methoxy groups -OCH3 is 1. The van der Waals surface area contributed by atoms with Gasteiger partial charge in [0.25, 0.3) is 0 Å². The first kappa shape index (κ1) is 14.1. The molecule has 0 saturated carbocycles. The summed E-state index contributed by atoms with van der Waals surface area (Å²) >= 11 is 0. The Bertz CT molecular complexity index is 345. The van der Waals surface area contributed by atoms with Crippen molar-refractivity contribution >= 4 is 0 Å². The molecule has 6 heteroatoms. The Morgan fingerprint density at radius 3 is 2.71 bits per heavy atom. The van der Waals surface area contributed by atoms with Gasteiger partial charge in [0, 0.05) is 19.2 Å². The van der Waals surface area contributed by atoms with Crippen LogP contribution in [0.15, 0.2) is 4.52 Å². The molecule has 0 bridgehead atoms. The molecule has 1 aromatic heterocycles. The van der Waals surface area contributed by atoms with Gasteiger partial charge < -0.3 is 15.0 Å². The number of hydrogen-bond acceptors (Lipinski definition) is 6. The molecule has 98 valence electrons. The largest absolute Gasteiger partial charge is 0.374 e. The molecule has 0 aliphatic heterocycles. The highest BCUT2D eigenvalue weighted by Crippen LogP contribution is 2.12. The van der Waals surface area contributed by atoms with Crippen LogP contribution in [0.25, 0.3) is 0 Å². The molecule has 2 N–H and O–H groups in total. The molecule has 0 fully saturated rings. The van der Waals surface area contributed by atoms with Crippen molar-refractivity contribution in [3.63, 3.8) is 0 Å². The van der Waals surface area contributed by atoms with Crippen molar-refractivity contribution in [3.05, 3.63) is 11.7 Å². The zero-order valence-corrected chi connectivity index (χ0v) is 11.2. The number of likely N-dealkylation sites (N-methyl/N-ethyl adjacent to an activating group) is 1. The minimum Gasteiger partial charge on any atom is -0.374 e. The van der Waals surface area contributed by atoms with Crippen LogP contribution in [0.2, 0.25) is 0 Å². The summed E-state index contributed by atoms with van der Waals surface area (Å²) in [6.45, 7) is 7.18. The summed E-state index contributed by atoms with van der Waals surface area (Å²) in [5.41, 5.74) is 5.70. The van der Waals surface area contributed by atoms with Gasteiger partial charge in [0.05, 0.1) is 6.54 Å².